The normalized spacial score (nSPS) is 19.6. The van der Waals surface area contributed by atoms with Crippen molar-refractivity contribution in [3.8, 4) is 5.75 Å². The standard InChI is InChI=1S/C31H37F3N5O5P/c1-5-44-45(4,42)17-18-6-12-24(26(14-18)43-3)36-28-23(31(32,33)34)15-35-30(38-28)37-25-13-11-21(19-7-9-20(40)10-8-19)22-16-39(2)29(41)27(22)25/h6,11-15,19-20,40H,5,7-10,16-17H2,1-4H3,(H2,35,36,37,38). The predicted octanol–water partition coefficient (Wildman–Crippen LogP) is 7.04. The number of benzene rings is 2. The van der Waals surface area contributed by atoms with Crippen LogP contribution in [0.25, 0.3) is 0 Å². The third-order valence-electron chi connectivity index (χ3n) is 8.17. The van der Waals surface area contributed by atoms with Gasteiger partial charge in [-0.15, -0.1) is 0 Å². The molecule has 1 atom stereocenters. The van der Waals surface area contributed by atoms with Crippen molar-refractivity contribution in [1.82, 2.24) is 14.9 Å². The summed E-state index contributed by atoms with van der Waals surface area (Å²) in [5.41, 5.74) is 2.50. The van der Waals surface area contributed by atoms with Crippen LogP contribution in [0.5, 0.6) is 5.75 Å². The number of aliphatic hydroxyl groups is 1. The second-order valence-electron chi connectivity index (χ2n) is 11.6. The first-order valence-electron chi connectivity index (χ1n) is 14.7. The summed E-state index contributed by atoms with van der Waals surface area (Å²) in [7, 11) is 0.164. The minimum absolute atomic E-state index is 0.132. The van der Waals surface area contributed by atoms with Crippen LogP contribution in [-0.2, 0) is 28.0 Å². The molecule has 5 rings (SSSR count). The Bertz CT molecular complexity index is 1630. The Morgan fingerprint density at radius 3 is 2.49 bits per heavy atom. The van der Waals surface area contributed by atoms with Gasteiger partial charge in [0, 0.05) is 32.6 Å². The summed E-state index contributed by atoms with van der Waals surface area (Å²) in [6.45, 7) is 3.97. The van der Waals surface area contributed by atoms with Gasteiger partial charge in [0.05, 0.1) is 36.8 Å². The molecule has 1 saturated carbocycles. The van der Waals surface area contributed by atoms with E-state index in [-0.39, 0.29) is 48.1 Å². The van der Waals surface area contributed by atoms with Gasteiger partial charge in [0.25, 0.3) is 5.91 Å². The summed E-state index contributed by atoms with van der Waals surface area (Å²) in [5, 5.41) is 15.7. The number of carbonyl (C=O) groups is 1. The topological polar surface area (TPSA) is 126 Å². The van der Waals surface area contributed by atoms with Crippen molar-refractivity contribution in [1.29, 1.82) is 0 Å². The number of aliphatic hydroxyl groups excluding tert-OH is 1. The predicted molar refractivity (Wildman–Crippen MR) is 165 cm³/mol. The van der Waals surface area contributed by atoms with Crippen LogP contribution in [0.2, 0.25) is 0 Å². The second-order valence-corrected chi connectivity index (χ2v) is 14.2. The van der Waals surface area contributed by atoms with Gasteiger partial charge in [-0.1, -0.05) is 12.1 Å². The quantitative estimate of drug-likeness (QED) is 0.199. The molecule has 1 fully saturated rings. The molecule has 0 bridgehead atoms. The zero-order valence-corrected chi connectivity index (χ0v) is 26.5. The van der Waals surface area contributed by atoms with Crippen LogP contribution in [0.3, 0.4) is 0 Å². The fraction of sp³-hybridized carbons (Fsp3) is 0.452. The molecule has 0 saturated heterocycles. The molecule has 10 nitrogen and oxygen atoms in total. The number of alkyl halides is 3. The van der Waals surface area contributed by atoms with E-state index in [2.05, 4.69) is 20.6 Å². The van der Waals surface area contributed by atoms with E-state index in [1.165, 1.54) is 19.8 Å². The number of ether oxygens (including phenoxy) is 1. The second kappa shape index (κ2) is 13.0. The van der Waals surface area contributed by atoms with Crippen molar-refractivity contribution in [2.75, 3.05) is 38.1 Å². The number of nitrogens with zero attached hydrogens (tertiary/aromatic N) is 3. The van der Waals surface area contributed by atoms with Crippen LogP contribution in [0.1, 0.15) is 71.1 Å². The first-order chi connectivity index (χ1) is 21.3. The molecule has 1 unspecified atom stereocenters. The number of hydrogen-bond acceptors (Lipinski definition) is 9. The number of hydrogen-bond donors (Lipinski definition) is 3. The molecule has 3 aromatic rings. The van der Waals surface area contributed by atoms with E-state index in [4.69, 9.17) is 9.26 Å². The Morgan fingerprint density at radius 2 is 1.82 bits per heavy atom. The van der Waals surface area contributed by atoms with Crippen molar-refractivity contribution in [2.24, 2.45) is 0 Å². The number of rotatable bonds is 10. The van der Waals surface area contributed by atoms with E-state index in [1.54, 1.807) is 37.1 Å². The van der Waals surface area contributed by atoms with Crippen molar-refractivity contribution in [3.63, 3.8) is 0 Å². The first-order valence-corrected chi connectivity index (χ1v) is 17.0. The van der Waals surface area contributed by atoms with Crippen LogP contribution in [0.4, 0.5) is 36.3 Å². The van der Waals surface area contributed by atoms with Crippen molar-refractivity contribution in [3.05, 3.63) is 64.3 Å². The average molecular weight is 648 g/mol. The van der Waals surface area contributed by atoms with E-state index in [1.807, 2.05) is 6.07 Å². The van der Waals surface area contributed by atoms with Gasteiger partial charge in [-0.25, -0.2) is 4.98 Å². The number of aromatic nitrogens is 2. The van der Waals surface area contributed by atoms with Gasteiger partial charge >= 0.3 is 6.18 Å². The zero-order valence-electron chi connectivity index (χ0n) is 25.6. The zero-order chi connectivity index (χ0) is 32.5. The van der Waals surface area contributed by atoms with Gasteiger partial charge in [0.15, 0.2) is 0 Å². The van der Waals surface area contributed by atoms with Crippen molar-refractivity contribution < 1.29 is 36.9 Å². The third kappa shape index (κ3) is 7.26. The molecule has 0 spiro atoms. The van der Waals surface area contributed by atoms with E-state index in [0.29, 0.717) is 42.4 Å². The molecule has 1 aliphatic carbocycles. The molecule has 2 aliphatic rings. The Labute approximate surface area is 259 Å². The lowest BCUT2D eigenvalue weighted by Gasteiger charge is -2.27. The molecule has 45 heavy (non-hydrogen) atoms. The molecule has 0 radical (unpaired) electrons. The van der Waals surface area contributed by atoms with Gasteiger partial charge in [-0.2, -0.15) is 18.2 Å². The molecule has 3 N–H and O–H groups in total. The van der Waals surface area contributed by atoms with Crippen molar-refractivity contribution in [2.45, 2.75) is 63.5 Å². The highest BCUT2D eigenvalue weighted by Gasteiger charge is 2.37. The molecule has 242 valence electrons. The van der Waals surface area contributed by atoms with Crippen LogP contribution < -0.4 is 15.4 Å². The molecule has 2 heterocycles. The molecule has 1 aliphatic heterocycles. The van der Waals surface area contributed by atoms with E-state index in [0.717, 1.165) is 24.0 Å². The Balaban J connectivity index is 1.47. The lowest BCUT2D eigenvalue weighted by Crippen LogP contribution is -2.18. The lowest BCUT2D eigenvalue weighted by atomic mass is 9.80. The summed E-state index contributed by atoms with van der Waals surface area (Å²) >= 11 is 0. The highest BCUT2D eigenvalue weighted by atomic mass is 31.2. The minimum atomic E-state index is -4.77. The Hall–Kier alpha value is -3.67. The first kappa shape index (κ1) is 32.7. The smallest absolute Gasteiger partial charge is 0.421 e. The van der Waals surface area contributed by atoms with Gasteiger partial charge in [-0.3, -0.25) is 9.36 Å². The minimum Gasteiger partial charge on any atom is -0.495 e. The maximum atomic E-state index is 14.1. The summed E-state index contributed by atoms with van der Waals surface area (Å²) in [6, 6.07) is 8.42. The van der Waals surface area contributed by atoms with Crippen LogP contribution >= 0.6 is 7.37 Å². The summed E-state index contributed by atoms with van der Waals surface area (Å²) < 4.78 is 65.6. The van der Waals surface area contributed by atoms with Crippen LogP contribution in [0, 0.1) is 0 Å². The summed E-state index contributed by atoms with van der Waals surface area (Å²) in [5.74, 6) is -0.427. The SMILES string of the molecule is CCOP(C)(=O)Cc1ccc(Nc2nc(Nc3ccc(C4CCC(O)CC4)c4c3C(=O)N(C)C4)ncc2C(F)(F)F)c(OC)c1. The summed E-state index contributed by atoms with van der Waals surface area (Å²) in [4.78, 5) is 22.9. The number of nitrogens with one attached hydrogen (secondary N) is 2. The van der Waals surface area contributed by atoms with Crippen LogP contribution in [-0.4, -0.2) is 59.4 Å². The maximum Gasteiger partial charge on any atom is 0.421 e. The van der Waals surface area contributed by atoms with Gasteiger partial charge in [0.1, 0.15) is 17.1 Å². The number of amides is 1. The molecule has 2 aromatic carbocycles. The number of carbonyl (C=O) groups excluding carboxylic acids is 1. The largest absolute Gasteiger partial charge is 0.495 e. The van der Waals surface area contributed by atoms with E-state index in [9.17, 15) is 27.6 Å². The Kier molecular flexibility index (Phi) is 9.44. The molecule has 1 aromatic heterocycles. The molecular weight excluding hydrogens is 610 g/mol. The monoisotopic (exact) mass is 647 g/mol. The fourth-order valence-corrected chi connectivity index (χ4v) is 7.53. The fourth-order valence-electron chi connectivity index (χ4n) is 6.03. The number of fused-ring (bicyclic) bond motifs is 1. The summed E-state index contributed by atoms with van der Waals surface area (Å²) in [6.07, 6.45) is -1.26. The Morgan fingerprint density at radius 1 is 1.11 bits per heavy atom. The van der Waals surface area contributed by atoms with Crippen molar-refractivity contribution >= 4 is 36.4 Å². The molecule has 1 amide bonds. The number of anilines is 4. The number of methoxy groups -OCH3 is 1. The lowest BCUT2D eigenvalue weighted by molar-refractivity contribution is -0.137. The maximum absolute atomic E-state index is 14.1. The van der Waals surface area contributed by atoms with Crippen LogP contribution in [0.15, 0.2) is 36.5 Å². The molecule has 14 heteroatoms. The average Bonchev–Trinajstić information content (AvgIpc) is 3.28. The van der Waals surface area contributed by atoms with Gasteiger partial charge < -0.3 is 29.9 Å². The third-order valence-corrected chi connectivity index (χ3v) is 9.92. The number of halogens is 3. The van der Waals surface area contributed by atoms with E-state index >= 15 is 0 Å². The highest BCUT2D eigenvalue weighted by Crippen LogP contribution is 2.47. The van der Waals surface area contributed by atoms with E-state index < -0.39 is 24.9 Å². The highest BCUT2D eigenvalue weighted by molar-refractivity contribution is 7.57. The molecular formula is C31H37F3N5O5P. The van der Waals surface area contributed by atoms with Gasteiger partial charge in [0.2, 0.25) is 13.3 Å². The van der Waals surface area contributed by atoms with Gasteiger partial charge in [-0.05, 0) is 73.4 Å².